The van der Waals surface area contributed by atoms with E-state index in [-0.39, 0.29) is 12.5 Å². The highest BCUT2D eigenvalue weighted by molar-refractivity contribution is 5.81. The summed E-state index contributed by atoms with van der Waals surface area (Å²) in [5.74, 6) is -0.973. The second-order valence-electron chi connectivity index (χ2n) is 4.89. The summed E-state index contributed by atoms with van der Waals surface area (Å²) < 4.78 is 0. The molecule has 0 aromatic heterocycles. The van der Waals surface area contributed by atoms with E-state index in [2.05, 4.69) is 5.32 Å². The fourth-order valence-electron chi connectivity index (χ4n) is 2.35. The molecule has 104 valence electrons. The van der Waals surface area contributed by atoms with Crippen molar-refractivity contribution in [2.24, 2.45) is 0 Å². The van der Waals surface area contributed by atoms with Gasteiger partial charge in [0.15, 0.2) is 0 Å². The molecule has 0 aromatic carbocycles. The first kappa shape index (κ1) is 15.0. The Kier molecular flexibility index (Phi) is 6.72. The van der Waals surface area contributed by atoms with E-state index >= 15 is 0 Å². The lowest BCUT2D eigenvalue weighted by molar-refractivity contribution is -0.144. The summed E-state index contributed by atoms with van der Waals surface area (Å²) in [5.41, 5.74) is 0. The molecule has 1 rings (SSSR count). The third kappa shape index (κ3) is 5.49. The van der Waals surface area contributed by atoms with Crippen LogP contribution < -0.4 is 5.32 Å². The fourth-order valence-corrected chi connectivity index (χ4v) is 2.35. The molecule has 1 saturated heterocycles. The first-order valence-corrected chi connectivity index (χ1v) is 6.86. The predicted octanol–water partition coefficient (Wildman–Crippen LogP) is 1.23. The molecule has 0 aromatic rings. The zero-order valence-electron chi connectivity index (χ0n) is 11.2. The lowest BCUT2D eigenvalue weighted by Crippen LogP contribution is -2.38. The SMILES string of the molecule is CCCN(CC(=O)O)C(=O)CCC1CCCCN1. The molecular formula is C13H24N2O3. The lowest BCUT2D eigenvalue weighted by atomic mass is 10.0. The highest BCUT2D eigenvalue weighted by Gasteiger charge is 2.18. The zero-order chi connectivity index (χ0) is 13.4. The predicted molar refractivity (Wildman–Crippen MR) is 69.4 cm³/mol. The minimum Gasteiger partial charge on any atom is -0.480 e. The molecule has 1 aliphatic heterocycles. The number of carbonyl (C=O) groups is 2. The van der Waals surface area contributed by atoms with Gasteiger partial charge in [-0.2, -0.15) is 0 Å². The molecular weight excluding hydrogens is 232 g/mol. The summed E-state index contributed by atoms with van der Waals surface area (Å²) in [6.45, 7) is 3.34. The molecule has 0 aliphatic carbocycles. The second kappa shape index (κ2) is 8.08. The Bertz CT molecular complexity index is 275. The van der Waals surface area contributed by atoms with Gasteiger partial charge in [-0.1, -0.05) is 13.3 Å². The van der Waals surface area contributed by atoms with Crippen molar-refractivity contribution in [3.8, 4) is 0 Å². The average Bonchev–Trinajstić information content (AvgIpc) is 2.36. The highest BCUT2D eigenvalue weighted by Crippen LogP contribution is 2.12. The smallest absolute Gasteiger partial charge is 0.323 e. The van der Waals surface area contributed by atoms with Crippen molar-refractivity contribution in [3.63, 3.8) is 0 Å². The number of nitrogens with zero attached hydrogens (tertiary/aromatic N) is 1. The van der Waals surface area contributed by atoms with Gasteiger partial charge in [0.1, 0.15) is 6.54 Å². The van der Waals surface area contributed by atoms with E-state index in [1.807, 2.05) is 6.92 Å². The Morgan fingerprint density at radius 3 is 2.72 bits per heavy atom. The minimum absolute atomic E-state index is 0.0355. The van der Waals surface area contributed by atoms with E-state index in [1.54, 1.807) is 0 Å². The molecule has 2 N–H and O–H groups in total. The monoisotopic (exact) mass is 256 g/mol. The van der Waals surface area contributed by atoms with Crippen molar-refractivity contribution in [3.05, 3.63) is 0 Å². The van der Waals surface area contributed by atoms with Gasteiger partial charge < -0.3 is 15.3 Å². The van der Waals surface area contributed by atoms with Gasteiger partial charge in [0.05, 0.1) is 0 Å². The third-order valence-corrected chi connectivity index (χ3v) is 3.29. The summed E-state index contributed by atoms with van der Waals surface area (Å²) in [7, 11) is 0. The minimum atomic E-state index is -0.937. The van der Waals surface area contributed by atoms with Crippen molar-refractivity contribution < 1.29 is 14.7 Å². The Labute approximate surface area is 109 Å². The van der Waals surface area contributed by atoms with Crippen molar-refractivity contribution in [1.29, 1.82) is 0 Å². The van der Waals surface area contributed by atoms with Crippen LogP contribution in [0.15, 0.2) is 0 Å². The number of hydrogen-bond acceptors (Lipinski definition) is 3. The van der Waals surface area contributed by atoms with Crippen molar-refractivity contribution in [1.82, 2.24) is 10.2 Å². The molecule has 1 amide bonds. The molecule has 0 spiro atoms. The molecule has 18 heavy (non-hydrogen) atoms. The van der Waals surface area contributed by atoms with Gasteiger partial charge in [-0.05, 0) is 32.2 Å². The fraction of sp³-hybridized carbons (Fsp3) is 0.846. The molecule has 1 heterocycles. The van der Waals surface area contributed by atoms with Crippen LogP contribution in [0.3, 0.4) is 0 Å². The van der Waals surface area contributed by atoms with Gasteiger partial charge in [-0.25, -0.2) is 0 Å². The number of rotatable bonds is 7. The molecule has 5 heteroatoms. The third-order valence-electron chi connectivity index (χ3n) is 3.29. The molecule has 0 radical (unpaired) electrons. The van der Waals surface area contributed by atoms with E-state index in [9.17, 15) is 9.59 Å². The van der Waals surface area contributed by atoms with E-state index in [1.165, 1.54) is 17.7 Å². The quantitative estimate of drug-likeness (QED) is 0.719. The van der Waals surface area contributed by atoms with Gasteiger partial charge in [0.2, 0.25) is 5.91 Å². The summed E-state index contributed by atoms with van der Waals surface area (Å²) in [6, 6.07) is 0.427. The summed E-state index contributed by atoms with van der Waals surface area (Å²) in [5, 5.41) is 12.2. The van der Waals surface area contributed by atoms with Crippen LogP contribution in [0, 0.1) is 0 Å². The van der Waals surface area contributed by atoms with E-state index < -0.39 is 5.97 Å². The van der Waals surface area contributed by atoms with Gasteiger partial charge >= 0.3 is 5.97 Å². The average molecular weight is 256 g/mol. The Morgan fingerprint density at radius 2 is 2.17 bits per heavy atom. The van der Waals surface area contributed by atoms with Crippen LogP contribution in [-0.2, 0) is 9.59 Å². The highest BCUT2D eigenvalue weighted by atomic mass is 16.4. The number of piperidine rings is 1. The molecule has 0 bridgehead atoms. The largest absolute Gasteiger partial charge is 0.480 e. The zero-order valence-corrected chi connectivity index (χ0v) is 11.2. The number of carboxylic acids is 1. The van der Waals surface area contributed by atoms with Gasteiger partial charge in [-0.15, -0.1) is 0 Å². The van der Waals surface area contributed by atoms with E-state index in [4.69, 9.17) is 5.11 Å². The maximum Gasteiger partial charge on any atom is 0.323 e. The number of carbonyl (C=O) groups excluding carboxylic acids is 1. The van der Waals surface area contributed by atoms with Crippen LogP contribution in [0.1, 0.15) is 45.4 Å². The van der Waals surface area contributed by atoms with Crippen LogP contribution >= 0.6 is 0 Å². The summed E-state index contributed by atoms with van der Waals surface area (Å²) >= 11 is 0. The molecule has 1 aliphatic rings. The van der Waals surface area contributed by atoms with Crippen LogP contribution in [0.2, 0.25) is 0 Å². The molecule has 1 fully saturated rings. The summed E-state index contributed by atoms with van der Waals surface area (Å²) in [6.07, 6.45) is 5.62. The second-order valence-corrected chi connectivity index (χ2v) is 4.89. The molecule has 1 atom stereocenters. The van der Waals surface area contributed by atoms with E-state index in [0.717, 1.165) is 25.8 Å². The number of hydrogen-bond donors (Lipinski definition) is 2. The summed E-state index contributed by atoms with van der Waals surface area (Å²) in [4.78, 5) is 24.1. The standard InChI is InChI=1S/C13H24N2O3/c1-2-9-15(10-13(17)18)12(16)7-6-11-5-3-4-8-14-11/h11,14H,2-10H2,1H3,(H,17,18). The van der Waals surface area contributed by atoms with E-state index in [0.29, 0.717) is 19.0 Å². The normalized spacial score (nSPS) is 19.5. The Balaban J connectivity index is 2.32. The maximum atomic E-state index is 11.9. The van der Waals surface area contributed by atoms with Crippen molar-refractivity contribution >= 4 is 11.9 Å². The molecule has 0 saturated carbocycles. The first-order chi connectivity index (χ1) is 8.63. The van der Waals surface area contributed by atoms with Gasteiger partial charge in [0.25, 0.3) is 0 Å². The molecule has 1 unspecified atom stereocenters. The topological polar surface area (TPSA) is 69.6 Å². The Hall–Kier alpha value is -1.10. The van der Waals surface area contributed by atoms with Gasteiger partial charge in [-0.3, -0.25) is 9.59 Å². The number of nitrogens with one attached hydrogen (secondary N) is 1. The van der Waals surface area contributed by atoms with Crippen molar-refractivity contribution in [2.75, 3.05) is 19.6 Å². The molecule has 5 nitrogen and oxygen atoms in total. The number of amides is 1. The van der Waals surface area contributed by atoms with Crippen LogP contribution in [0.5, 0.6) is 0 Å². The lowest BCUT2D eigenvalue weighted by Gasteiger charge is -2.25. The number of aliphatic carboxylic acids is 1. The first-order valence-electron chi connectivity index (χ1n) is 6.86. The van der Waals surface area contributed by atoms with Crippen LogP contribution in [-0.4, -0.2) is 47.6 Å². The van der Waals surface area contributed by atoms with Crippen LogP contribution in [0.25, 0.3) is 0 Å². The maximum absolute atomic E-state index is 11.9. The van der Waals surface area contributed by atoms with Gasteiger partial charge in [0, 0.05) is 19.0 Å². The Morgan fingerprint density at radius 1 is 1.39 bits per heavy atom. The number of carboxylic acid groups (broad SMARTS) is 1. The van der Waals surface area contributed by atoms with Crippen LogP contribution in [0.4, 0.5) is 0 Å². The van der Waals surface area contributed by atoms with Crippen molar-refractivity contribution in [2.45, 2.75) is 51.5 Å².